The van der Waals surface area contributed by atoms with E-state index in [2.05, 4.69) is 0 Å². The van der Waals surface area contributed by atoms with Crippen molar-refractivity contribution in [2.24, 2.45) is 0 Å². The van der Waals surface area contributed by atoms with Gasteiger partial charge in [0.1, 0.15) is 5.75 Å². The highest BCUT2D eigenvalue weighted by Gasteiger charge is 2.13. The van der Waals surface area contributed by atoms with Gasteiger partial charge in [-0.2, -0.15) is 0 Å². The zero-order valence-electron chi connectivity index (χ0n) is 9.10. The van der Waals surface area contributed by atoms with Crippen molar-refractivity contribution in [2.45, 2.75) is 0 Å². The van der Waals surface area contributed by atoms with Gasteiger partial charge in [-0.15, -0.1) is 0 Å². The number of alkyl halides is 1. The van der Waals surface area contributed by atoms with Crippen molar-refractivity contribution < 1.29 is 13.9 Å². The molecule has 2 rings (SSSR count). The third-order valence-electron chi connectivity index (χ3n) is 2.38. The van der Waals surface area contributed by atoms with E-state index in [0.717, 1.165) is 0 Å². The lowest BCUT2D eigenvalue weighted by Gasteiger charge is -2.07. The van der Waals surface area contributed by atoms with Crippen LogP contribution in [-0.2, 0) is 0 Å². The van der Waals surface area contributed by atoms with Crippen molar-refractivity contribution in [3.8, 4) is 5.75 Å². The average Bonchev–Trinajstić information content (AvgIpc) is 2.40. The minimum absolute atomic E-state index is 0.172. The first-order valence-corrected chi connectivity index (χ1v) is 5.20. The van der Waals surface area contributed by atoms with Crippen molar-refractivity contribution in [2.75, 3.05) is 6.86 Å². The molecule has 2 aromatic rings. The number of hydrogen-bond donors (Lipinski definition) is 0. The highest BCUT2D eigenvalue weighted by Crippen LogP contribution is 2.21. The number of hydrogen-bond acceptors (Lipinski definition) is 2. The molecule has 86 valence electrons. The van der Waals surface area contributed by atoms with E-state index < -0.39 is 6.86 Å². The molecule has 0 aliphatic heterocycles. The fraction of sp³-hybridized carbons (Fsp3) is 0.0714. The predicted octanol–water partition coefficient (Wildman–Crippen LogP) is 3.22. The minimum Gasteiger partial charge on any atom is -0.462 e. The number of para-hydroxylation sites is 1. The normalized spacial score (nSPS) is 9.94. The van der Waals surface area contributed by atoms with Crippen LogP contribution >= 0.6 is 0 Å². The van der Waals surface area contributed by atoms with Crippen molar-refractivity contribution >= 4 is 5.78 Å². The van der Waals surface area contributed by atoms with Crippen LogP contribution in [0.25, 0.3) is 0 Å². The molecule has 0 atom stereocenters. The van der Waals surface area contributed by atoms with Crippen LogP contribution in [0.4, 0.5) is 4.39 Å². The number of carbonyl (C=O) groups is 1. The molecule has 0 saturated carbocycles. The third-order valence-corrected chi connectivity index (χ3v) is 2.38. The van der Waals surface area contributed by atoms with Crippen LogP contribution in [0.1, 0.15) is 15.9 Å². The van der Waals surface area contributed by atoms with Gasteiger partial charge in [0.25, 0.3) is 0 Å². The highest BCUT2D eigenvalue weighted by molar-refractivity contribution is 6.10. The van der Waals surface area contributed by atoms with Crippen LogP contribution in [0.5, 0.6) is 5.75 Å². The summed E-state index contributed by atoms with van der Waals surface area (Å²) in [5, 5.41) is 0. The third kappa shape index (κ3) is 2.50. The van der Waals surface area contributed by atoms with Gasteiger partial charge in [0.05, 0.1) is 5.56 Å². The highest BCUT2D eigenvalue weighted by atomic mass is 19.1. The summed E-state index contributed by atoms with van der Waals surface area (Å²) in [5.74, 6) is 0.0958. The van der Waals surface area contributed by atoms with E-state index in [1.165, 1.54) is 0 Å². The summed E-state index contributed by atoms with van der Waals surface area (Å²) >= 11 is 0. The number of benzene rings is 2. The number of rotatable bonds is 4. The minimum atomic E-state index is -0.945. The van der Waals surface area contributed by atoms with E-state index in [-0.39, 0.29) is 11.5 Å². The second kappa shape index (κ2) is 5.25. The Morgan fingerprint density at radius 2 is 1.65 bits per heavy atom. The van der Waals surface area contributed by atoms with Gasteiger partial charge in [-0.25, -0.2) is 4.39 Å². The van der Waals surface area contributed by atoms with Gasteiger partial charge in [0.15, 0.2) is 5.78 Å². The van der Waals surface area contributed by atoms with E-state index >= 15 is 0 Å². The van der Waals surface area contributed by atoms with Crippen LogP contribution in [0.15, 0.2) is 54.6 Å². The summed E-state index contributed by atoms with van der Waals surface area (Å²) in [4.78, 5) is 12.1. The summed E-state index contributed by atoms with van der Waals surface area (Å²) in [6.45, 7) is -0.945. The Balaban J connectivity index is 2.37. The average molecular weight is 230 g/mol. The van der Waals surface area contributed by atoms with Crippen molar-refractivity contribution in [3.05, 3.63) is 65.7 Å². The van der Waals surface area contributed by atoms with Gasteiger partial charge in [0.2, 0.25) is 6.86 Å². The van der Waals surface area contributed by atoms with Crippen LogP contribution in [-0.4, -0.2) is 12.6 Å². The van der Waals surface area contributed by atoms with Crippen LogP contribution < -0.4 is 4.74 Å². The quantitative estimate of drug-likeness (QED) is 0.754. The molecular formula is C14H11FO2. The number of ketones is 1. The standard InChI is InChI=1S/C14H11FO2/c15-10-17-13-9-5-4-8-12(13)14(16)11-6-2-1-3-7-11/h1-9H,10H2. The molecule has 0 radical (unpaired) electrons. The summed E-state index contributed by atoms with van der Waals surface area (Å²) in [7, 11) is 0. The van der Waals surface area contributed by atoms with Gasteiger partial charge in [-0.3, -0.25) is 4.79 Å². The number of carbonyl (C=O) groups excluding carboxylic acids is 1. The Bertz CT molecular complexity index is 509. The molecule has 3 heteroatoms. The van der Waals surface area contributed by atoms with Crippen LogP contribution in [0.3, 0.4) is 0 Å². The Hall–Kier alpha value is -2.16. The predicted molar refractivity (Wildman–Crippen MR) is 62.9 cm³/mol. The molecule has 0 aromatic heterocycles. The molecule has 0 amide bonds. The first kappa shape index (κ1) is 11.3. The molecule has 0 bridgehead atoms. The number of ether oxygens (including phenoxy) is 1. The van der Waals surface area contributed by atoms with Gasteiger partial charge in [-0.1, -0.05) is 42.5 Å². The van der Waals surface area contributed by atoms with E-state index in [1.54, 1.807) is 48.5 Å². The van der Waals surface area contributed by atoms with Gasteiger partial charge in [-0.05, 0) is 12.1 Å². The first-order valence-electron chi connectivity index (χ1n) is 5.20. The molecule has 0 fully saturated rings. The maximum absolute atomic E-state index is 12.2. The van der Waals surface area contributed by atoms with E-state index in [0.29, 0.717) is 11.1 Å². The Morgan fingerprint density at radius 3 is 2.35 bits per heavy atom. The topological polar surface area (TPSA) is 26.3 Å². The van der Waals surface area contributed by atoms with Gasteiger partial charge >= 0.3 is 0 Å². The van der Waals surface area contributed by atoms with Crippen LogP contribution in [0, 0.1) is 0 Å². The first-order chi connectivity index (χ1) is 8.33. The Morgan fingerprint density at radius 1 is 1.00 bits per heavy atom. The number of halogens is 1. The molecule has 0 saturated heterocycles. The fourth-order valence-electron chi connectivity index (χ4n) is 1.58. The summed E-state index contributed by atoms with van der Waals surface area (Å²) < 4.78 is 17.0. The Labute approximate surface area is 98.7 Å². The summed E-state index contributed by atoms with van der Waals surface area (Å²) in [6.07, 6.45) is 0. The van der Waals surface area contributed by atoms with Crippen molar-refractivity contribution in [1.29, 1.82) is 0 Å². The smallest absolute Gasteiger partial charge is 0.228 e. The Kier molecular flexibility index (Phi) is 3.50. The molecule has 2 aromatic carbocycles. The molecular weight excluding hydrogens is 219 g/mol. The maximum Gasteiger partial charge on any atom is 0.228 e. The molecule has 0 aliphatic carbocycles. The zero-order chi connectivity index (χ0) is 12.1. The van der Waals surface area contributed by atoms with Crippen molar-refractivity contribution in [3.63, 3.8) is 0 Å². The fourth-order valence-corrected chi connectivity index (χ4v) is 1.58. The zero-order valence-corrected chi connectivity index (χ0v) is 9.10. The molecule has 2 nitrogen and oxygen atoms in total. The monoisotopic (exact) mass is 230 g/mol. The molecule has 0 unspecified atom stereocenters. The summed E-state index contributed by atoms with van der Waals surface area (Å²) in [5.41, 5.74) is 0.929. The van der Waals surface area contributed by atoms with Crippen LogP contribution in [0.2, 0.25) is 0 Å². The maximum atomic E-state index is 12.2. The molecule has 0 aliphatic rings. The second-order valence-corrected chi connectivity index (χ2v) is 3.44. The second-order valence-electron chi connectivity index (χ2n) is 3.44. The molecule has 0 heterocycles. The van der Waals surface area contributed by atoms with Gasteiger partial charge in [0, 0.05) is 5.56 Å². The van der Waals surface area contributed by atoms with E-state index in [4.69, 9.17) is 4.74 Å². The van der Waals surface area contributed by atoms with Gasteiger partial charge < -0.3 is 4.74 Å². The SMILES string of the molecule is O=C(c1ccccc1)c1ccccc1OCF. The van der Waals surface area contributed by atoms with E-state index in [1.807, 2.05) is 6.07 Å². The lowest BCUT2D eigenvalue weighted by Crippen LogP contribution is -2.04. The molecule has 17 heavy (non-hydrogen) atoms. The molecule has 0 spiro atoms. The lowest BCUT2D eigenvalue weighted by molar-refractivity contribution is 0.103. The molecule has 0 N–H and O–H groups in total. The van der Waals surface area contributed by atoms with E-state index in [9.17, 15) is 9.18 Å². The lowest BCUT2D eigenvalue weighted by atomic mass is 10.0. The van der Waals surface area contributed by atoms with Crippen molar-refractivity contribution in [1.82, 2.24) is 0 Å². The summed E-state index contributed by atoms with van der Waals surface area (Å²) in [6, 6.07) is 15.5. The largest absolute Gasteiger partial charge is 0.462 e.